The first-order valence-electron chi connectivity index (χ1n) is 8.01. The second kappa shape index (κ2) is 5.84. The number of aryl methyl sites for hydroxylation is 1. The van der Waals surface area contributed by atoms with E-state index in [1.54, 1.807) is 64.1 Å². The number of amides is 1. The van der Waals surface area contributed by atoms with Gasteiger partial charge in [0.1, 0.15) is 5.60 Å². The Bertz CT molecular complexity index is 906. The van der Waals surface area contributed by atoms with Crippen LogP contribution >= 0.6 is 0 Å². The molecule has 3 rings (SSSR count). The highest BCUT2D eigenvalue weighted by atomic mass is 16.6. The Balaban J connectivity index is 2.09. The van der Waals surface area contributed by atoms with Crippen molar-refractivity contribution in [1.29, 1.82) is 0 Å². The Morgan fingerprint density at radius 1 is 0.920 bits per heavy atom. The fraction of sp³-hybridized carbons (Fsp3) is 0.250. The molecule has 0 radical (unpaired) electrons. The second-order valence-electron chi connectivity index (χ2n) is 7.01. The SMILES string of the molecule is Cc1ccc2c(c1NC(=O)OC(C)(C)C)C(=O)c1ccccc1C2=O. The van der Waals surface area contributed by atoms with E-state index in [-0.39, 0.29) is 17.1 Å². The van der Waals surface area contributed by atoms with E-state index in [1.807, 2.05) is 0 Å². The summed E-state index contributed by atoms with van der Waals surface area (Å²) in [6, 6.07) is 10.0. The Kier molecular flexibility index (Phi) is 3.95. The molecule has 0 fully saturated rings. The fourth-order valence-corrected chi connectivity index (χ4v) is 2.86. The molecule has 2 aromatic rings. The van der Waals surface area contributed by atoms with Crippen molar-refractivity contribution in [1.82, 2.24) is 0 Å². The minimum absolute atomic E-state index is 0.217. The van der Waals surface area contributed by atoms with Crippen LogP contribution in [-0.2, 0) is 4.74 Å². The molecule has 0 unspecified atom stereocenters. The number of carbonyl (C=O) groups excluding carboxylic acids is 3. The van der Waals surface area contributed by atoms with Crippen LogP contribution in [0.15, 0.2) is 36.4 Å². The molecule has 1 amide bonds. The minimum Gasteiger partial charge on any atom is -0.444 e. The predicted octanol–water partition coefficient (Wildman–Crippen LogP) is 4.12. The summed E-state index contributed by atoms with van der Waals surface area (Å²) in [7, 11) is 0. The van der Waals surface area contributed by atoms with Gasteiger partial charge in [-0.15, -0.1) is 0 Å². The molecule has 1 aliphatic carbocycles. The van der Waals surface area contributed by atoms with E-state index in [0.717, 1.165) is 0 Å². The molecule has 0 spiro atoms. The average molecular weight is 337 g/mol. The first-order valence-corrected chi connectivity index (χ1v) is 8.01. The Morgan fingerprint density at radius 2 is 1.52 bits per heavy atom. The summed E-state index contributed by atoms with van der Waals surface area (Å²) >= 11 is 0. The van der Waals surface area contributed by atoms with E-state index in [9.17, 15) is 14.4 Å². The third kappa shape index (κ3) is 3.05. The van der Waals surface area contributed by atoms with Crippen molar-refractivity contribution in [2.24, 2.45) is 0 Å². The van der Waals surface area contributed by atoms with Crippen LogP contribution < -0.4 is 5.32 Å². The molecule has 0 saturated heterocycles. The molecule has 1 N–H and O–H groups in total. The van der Waals surface area contributed by atoms with Crippen LogP contribution in [0.1, 0.15) is 58.2 Å². The molecule has 0 heterocycles. The number of carbonyl (C=O) groups is 3. The highest BCUT2D eigenvalue weighted by molar-refractivity contribution is 6.30. The summed E-state index contributed by atoms with van der Waals surface area (Å²) in [4.78, 5) is 37.9. The lowest BCUT2D eigenvalue weighted by Crippen LogP contribution is -2.29. The second-order valence-corrected chi connectivity index (χ2v) is 7.01. The average Bonchev–Trinajstić information content (AvgIpc) is 2.53. The first-order chi connectivity index (χ1) is 11.7. The molecule has 0 aromatic heterocycles. The lowest BCUT2D eigenvalue weighted by Gasteiger charge is -2.24. The first kappa shape index (κ1) is 16.9. The fourth-order valence-electron chi connectivity index (χ4n) is 2.86. The van der Waals surface area contributed by atoms with Gasteiger partial charge in [0.25, 0.3) is 0 Å². The van der Waals surface area contributed by atoms with Crippen LogP contribution in [0.2, 0.25) is 0 Å². The summed E-state index contributed by atoms with van der Waals surface area (Å²) in [6.45, 7) is 7.03. The van der Waals surface area contributed by atoms with Crippen molar-refractivity contribution in [2.45, 2.75) is 33.3 Å². The highest BCUT2D eigenvalue weighted by Gasteiger charge is 2.33. The maximum absolute atomic E-state index is 12.9. The largest absolute Gasteiger partial charge is 0.444 e. The lowest BCUT2D eigenvalue weighted by atomic mass is 9.82. The Morgan fingerprint density at radius 3 is 2.12 bits per heavy atom. The summed E-state index contributed by atoms with van der Waals surface area (Å²) in [6.07, 6.45) is -0.664. The van der Waals surface area contributed by atoms with Crippen molar-refractivity contribution in [2.75, 3.05) is 5.32 Å². The van der Waals surface area contributed by atoms with Gasteiger partial charge in [0, 0.05) is 16.7 Å². The van der Waals surface area contributed by atoms with Gasteiger partial charge >= 0.3 is 6.09 Å². The van der Waals surface area contributed by atoms with E-state index in [0.29, 0.717) is 27.9 Å². The molecule has 1 aliphatic rings. The standard InChI is InChI=1S/C20H19NO4/c1-11-9-10-14-15(16(11)21-19(24)25-20(2,3)4)18(23)13-8-6-5-7-12(13)17(14)22/h5-10H,1-4H3,(H,21,24). The number of hydrogen-bond donors (Lipinski definition) is 1. The molecule has 5 nitrogen and oxygen atoms in total. The number of fused-ring (bicyclic) bond motifs is 2. The van der Waals surface area contributed by atoms with Crippen molar-refractivity contribution in [3.05, 3.63) is 64.2 Å². The zero-order chi connectivity index (χ0) is 18.4. The van der Waals surface area contributed by atoms with Crippen molar-refractivity contribution < 1.29 is 19.1 Å². The van der Waals surface area contributed by atoms with Gasteiger partial charge < -0.3 is 4.74 Å². The van der Waals surface area contributed by atoms with Gasteiger partial charge in [0.15, 0.2) is 11.6 Å². The van der Waals surface area contributed by atoms with E-state index in [4.69, 9.17) is 4.74 Å². The monoisotopic (exact) mass is 337 g/mol. The minimum atomic E-state index is -0.667. The Labute approximate surface area is 146 Å². The lowest BCUT2D eigenvalue weighted by molar-refractivity contribution is 0.0635. The summed E-state index contributed by atoms with van der Waals surface area (Å²) < 4.78 is 5.27. The maximum atomic E-state index is 12.9. The zero-order valence-electron chi connectivity index (χ0n) is 14.6. The van der Waals surface area contributed by atoms with Crippen molar-refractivity contribution in [3.63, 3.8) is 0 Å². The summed E-state index contributed by atoms with van der Waals surface area (Å²) in [5.41, 5.74) is 1.57. The predicted molar refractivity (Wildman–Crippen MR) is 94.3 cm³/mol. The molecule has 2 aromatic carbocycles. The molecule has 0 atom stereocenters. The van der Waals surface area contributed by atoms with Gasteiger partial charge in [-0.3, -0.25) is 14.9 Å². The quantitative estimate of drug-likeness (QED) is 0.725. The normalized spacial score (nSPS) is 13.1. The van der Waals surface area contributed by atoms with Gasteiger partial charge in [0.2, 0.25) is 0 Å². The Hall–Kier alpha value is -2.95. The van der Waals surface area contributed by atoms with Crippen molar-refractivity contribution >= 4 is 23.3 Å². The smallest absolute Gasteiger partial charge is 0.412 e. The molecular formula is C20H19NO4. The molecule has 0 bridgehead atoms. The van der Waals surface area contributed by atoms with E-state index in [1.165, 1.54) is 0 Å². The van der Waals surface area contributed by atoms with Crippen LogP contribution in [-0.4, -0.2) is 23.3 Å². The van der Waals surface area contributed by atoms with E-state index >= 15 is 0 Å². The number of ketones is 2. The molecule has 128 valence electrons. The van der Waals surface area contributed by atoms with Gasteiger partial charge in [-0.05, 0) is 39.3 Å². The topological polar surface area (TPSA) is 72.5 Å². The highest BCUT2D eigenvalue weighted by Crippen LogP contribution is 2.34. The third-order valence-electron chi connectivity index (χ3n) is 3.93. The zero-order valence-corrected chi connectivity index (χ0v) is 14.6. The van der Waals surface area contributed by atoms with Gasteiger partial charge in [-0.25, -0.2) is 4.79 Å². The van der Waals surface area contributed by atoms with Gasteiger partial charge in [-0.2, -0.15) is 0 Å². The summed E-state index contributed by atoms with van der Waals surface area (Å²) in [5, 5.41) is 2.64. The third-order valence-corrected chi connectivity index (χ3v) is 3.93. The molecule has 0 aliphatic heterocycles. The summed E-state index contributed by atoms with van der Waals surface area (Å²) in [5.74, 6) is -0.502. The van der Waals surface area contributed by atoms with E-state index < -0.39 is 11.7 Å². The maximum Gasteiger partial charge on any atom is 0.412 e. The van der Waals surface area contributed by atoms with Gasteiger partial charge in [0.05, 0.1) is 11.3 Å². The number of anilines is 1. The number of benzene rings is 2. The van der Waals surface area contributed by atoms with Crippen LogP contribution in [0.3, 0.4) is 0 Å². The molecule has 0 saturated carbocycles. The molecular weight excluding hydrogens is 318 g/mol. The van der Waals surface area contributed by atoms with Crippen LogP contribution in [0, 0.1) is 6.92 Å². The number of ether oxygens (including phenoxy) is 1. The van der Waals surface area contributed by atoms with Crippen LogP contribution in [0.25, 0.3) is 0 Å². The number of rotatable bonds is 1. The number of hydrogen-bond acceptors (Lipinski definition) is 4. The van der Waals surface area contributed by atoms with Gasteiger partial charge in [-0.1, -0.05) is 30.3 Å². The van der Waals surface area contributed by atoms with Crippen molar-refractivity contribution in [3.8, 4) is 0 Å². The molecule has 25 heavy (non-hydrogen) atoms. The van der Waals surface area contributed by atoms with Crippen LogP contribution in [0.5, 0.6) is 0 Å². The number of nitrogens with one attached hydrogen (secondary N) is 1. The van der Waals surface area contributed by atoms with Crippen LogP contribution in [0.4, 0.5) is 10.5 Å². The van der Waals surface area contributed by atoms with E-state index in [2.05, 4.69) is 5.32 Å². The molecule has 5 heteroatoms.